The minimum absolute atomic E-state index is 0.0509. The topological polar surface area (TPSA) is 74.0 Å². The predicted molar refractivity (Wildman–Crippen MR) is 78.5 cm³/mol. The van der Waals surface area contributed by atoms with Crippen molar-refractivity contribution < 1.29 is 9.59 Å². The van der Waals surface area contributed by atoms with Crippen LogP contribution < -0.4 is 10.6 Å². The maximum atomic E-state index is 12.2. The highest BCUT2D eigenvalue weighted by molar-refractivity contribution is 6.07. The molecule has 2 aromatic rings. The molecule has 1 aromatic carbocycles. The minimum Gasteiger partial charge on any atom is -0.360 e. The monoisotopic (exact) mass is 273 g/mol. The highest BCUT2D eigenvalue weighted by Crippen LogP contribution is 2.17. The van der Waals surface area contributed by atoms with E-state index < -0.39 is 6.04 Å². The summed E-state index contributed by atoms with van der Waals surface area (Å²) in [5.41, 5.74) is 1.45. The summed E-state index contributed by atoms with van der Waals surface area (Å²) in [5.74, 6) is -0.443. The van der Waals surface area contributed by atoms with Crippen molar-refractivity contribution in [2.45, 2.75) is 32.9 Å². The normalized spacial score (nSPS) is 12.4. The summed E-state index contributed by atoms with van der Waals surface area (Å²) < 4.78 is 0. The van der Waals surface area contributed by atoms with Crippen molar-refractivity contribution in [3.05, 3.63) is 36.0 Å². The van der Waals surface area contributed by atoms with Crippen LogP contribution in [0.25, 0.3) is 10.9 Å². The molecule has 5 heteroatoms. The van der Waals surface area contributed by atoms with Crippen LogP contribution in [-0.4, -0.2) is 28.9 Å². The zero-order valence-corrected chi connectivity index (χ0v) is 11.9. The standard InChI is InChI=1S/C15H19N3O2/c1-9(2)17-14(19)10(3)18-15(20)12-8-16-13-7-5-4-6-11(12)13/h4-10,16H,1-3H3,(H,17,19)(H,18,20). The molecule has 0 saturated heterocycles. The highest BCUT2D eigenvalue weighted by atomic mass is 16.2. The molecule has 0 aliphatic rings. The van der Waals surface area contributed by atoms with Crippen molar-refractivity contribution in [3.8, 4) is 0 Å². The van der Waals surface area contributed by atoms with Crippen LogP contribution in [0.1, 0.15) is 31.1 Å². The van der Waals surface area contributed by atoms with Crippen LogP contribution in [0, 0.1) is 0 Å². The van der Waals surface area contributed by atoms with Crippen molar-refractivity contribution >= 4 is 22.7 Å². The predicted octanol–water partition coefficient (Wildman–Crippen LogP) is 1.81. The van der Waals surface area contributed by atoms with Gasteiger partial charge in [-0.2, -0.15) is 0 Å². The van der Waals surface area contributed by atoms with E-state index in [4.69, 9.17) is 0 Å². The molecule has 0 spiro atoms. The second kappa shape index (κ2) is 5.77. The number of aromatic nitrogens is 1. The van der Waals surface area contributed by atoms with E-state index in [-0.39, 0.29) is 17.9 Å². The van der Waals surface area contributed by atoms with Crippen molar-refractivity contribution in [2.24, 2.45) is 0 Å². The van der Waals surface area contributed by atoms with Gasteiger partial charge in [-0.3, -0.25) is 9.59 Å². The first-order chi connectivity index (χ1) is 9.49. The average Bonchev–Trinajstić information content (AvgIpc) is 2.81. The Morgan fingerprint density at radius 1 is 1.10 bits per heavy atom. The van der Waals surface area contributed by atoms with Gasteiger partial charge in [-0.05, 0) is 26.8 Å². The first kappa shape index (κ1) is 14.1. The van der Waals surface area contributed by atoms with Crippen LogP contribution in [0.3, 0.4) is 0 Å². The van der Waals surface area contributed by atoms with Gasteiger partial charge in [-0.25, -0.2) is 0 Å². The van der Waals surface area contributed by atoms with Gasteiger partial charge in [-0.15, -0.1) is 0 Å². The molecular weight excluding hydrogens is 254 g/mol. The fourth-order valence-corrected chi connectivity index (χ4v) is 2.01. The van der Waals surface area contributed by atoms with E-state index in [0.29, 0.717) is 5.56 Å². The molecule has 1 aromatic heterocycles. The van der Waals surface area contributed by atoms with Crippen LogP contribution in [0.15, 0.2) is 30.5 Å². The largest absolute Gasteiger partial charge is 0.360 e. The van der Waals surface area contributed by atoms with Crippen LogP contribution in [0.4, 0.5) is 0 Å². The lowest BCUT2D eigenvalue weighted by molar-refractivity contribution is -0.123. The summed E-state index contributed by atoms with van der Waals surface area (Å²) in [5, 5.41) is 6.33. The van der Waals surface area contributed by atoms with Gasteiger partial charge in [0, 0.05) is 23.1 Å². The number of hydrogen-bond acceptors (Lipinski definition) is 2. The number of rotatable bonds is 4. The number of para-hydroxylation sites is 1. The number of nitrogens with one attached hydrogen (secondary N) is 3. The lowest BCUT2D eigenvalue weighted by atomic mass is 10.1. The Hall–Kier alpha value is -2.30. The second-order valence-corrected chi connectivity index (χ2v) is 5.11. The van der Waals surface area contributed by atoms with E-state index in [1.807, 2.05) is 38.1 Å². The van der Waals surface area contributed by atoms with E-state index in [1.54, 1.807) is 13.1 Å². The number of carbonyl (C=O) groups excluding carboxylic acids is 2. The molecule has 0 radical (unpaired) electrons. The fourth-order valence-electron chi connectivity index (χ4n) is 2.01. The first-order valence-electron chi connectivity index (χ1n) is 6.66. The van der Waals surface area contributed by atoms with Gasteiger partial charge in [0.2, 0.25) is 5.91 Å². The van der Waals surface area contributed by atoms with Gasteiger partial charge < -0.3 is 15.6 Å². The van der Waals surface area contributed by atoms with Crippen molar-refractivity contribution in [3.63, 3.8) is 0 Å². The fraction of sp³-hybridized carbons (Fsp3) is 0.333. The Balaban J connectivity index is 2.10. The quantitative estimate of drug-likeness (QED) is 0.795. The molecule has 20 heavy (non-hydrogen) atoms. The second-order valence-electron chi connectivity index (χ2n) is 5.11. The van der Waals surface area contributed by atoms with Crippen LogP contribution >= 0.6 is 0 Å². The Morgan fingerprint density at radius 3 is 2.50 bits per heavy atom. The first-order valence-corrected chi connectivity index (χ1v) is 6.66. The Labute approximate surface area is 117 Å². The molecule has 2 rings (SSSR count). The summed E-state index contributed by atoms with van der Waals surface area (Å²) in [6, 6.07) is 7.04. The zero-order chi connectivity index (χ0) is 14.7. The molecule has 3 N–H and O–H groups in total. The number of aromatic amines is 1. The van der Waals surface area contributed by atoms with Crippen LogP contribution in [0.2, 0.25) is 0 Å². The smallest absolute Gasteiger partial charge is 0.254 e. The van der Waals surface area contributed by atoms with Gasteiger partial charge in [-0.1, -0.05) is 18.2 Å². The molecule has 0 saturated carbocycles. The summed E-state index contributed by atoms with van der Waals surface area (Å²) >= 11 is 0. The van der Waals surface area contributed by atoms with E-state index in [0.717, 1.165) is 10.9 Å². The lowest BCUT2D eigenvalue weighted by Crippen LogP contribution is -2.46. The van der Waals surface area contributed by atoms with E-state index in [2.05, 4.69) is 15.6 Å². The van der Waals surface area contributed by atoms with E-state index in [9.17, 15) is 9.59 Å². The summed E-state index contributed by atoms with van der Waals surface area (Å²) in [4.78, 5) is 27.0. The molecule has 106 valence electrons. The third kappa shape index (κ3) is 2.99. The maximum absolute atomic E-state index is 12.2. The summed E-state index contributed by atoms with van der Waals surface area (Å²) in [6.07, 6.45) is 1.66. The number of H-pyrrole nitrogens is 1. The highest BCUT2D eigenvalue weighted by Gasteiger charge is 2.18. The van der Waals surface area contributed by atoms with Gasteiger partial charge >= 0.3 is 0 Å². The molecule has 1 unspecified atom stereocenters. The molecule has 2 amide bonds. The molecular formula is C15H19N3O2. The third-order valence-corrected chi connectivity index (χ3v) is 3.01. The average molecular weight is 273 g/mol. The van der Waals surface area contributed by atoms with Crippen LogP contribution in [0.5, 0.6) is 0 Å². The number of amides is 2. The maximum Gasteiger partial charge on any atom is 0.254 e. The van der Waals surface area contributed by atoms with Crippen molar-refractivity contribution in [1.29, 1.82) is 0 Å². The van der Waals surface area contributed by atoms with Gasteiger partial charge in [0.1, 0.15) is 6.04 Å². The third-order valence-electron chi connectivity index (χ3n) is 3.01. The Kier molecular flexibility index (Phi) is 4.08. The SMILES string of the molecule is CC(C)NC(=O)C(C)NC(=O)c1c[nH]c2ccccc12. The Morgan fingerprint density at radius 2 is 1.80 bits per heavy atom. The van der Waals surface area contributed by atoms with Gasteiger partial charge in [0.05, 0.1) is 5.56 Å². The Bertz CT molecular complexity index is 631. The number of hydrogen-bond donors (Lipinski definition) is 3. The molecule has 0 aliphatic carbocycles. The van der Waals surface area contributed by atoms with Crippen LogP contribution in [-0.2, 0) is 4.79 Å². The zero-order valence-electron chi connectivity index (χ0n) is 11.9. The molecule has 5 nitrogen and oxygen atoms in total. The van der Waals surface area contributed by atoms with Crippen molar-refractivity contribution in [2.75, 3.05) is 0 Å². The van der Waals surface area contributed by atoms with Gasteiger partial charge in [0.25, 0.3) is 5.91 Å². The van der Waals surface area contributed by atoms with E-state index in [1.165, 1.54) is 0 Å². The molecule has 0 fully saturated rings. The summed E-state index contributed by atoms with van der Waals surface area (Å²) in [7, 11) is 0. The summed E-state index contributed by atoms with van der Waals surface area (Å²) in [6.45, 7) is 5.43. The number of carbonyl (C=O) groups is 2. The van der Waals surface area contributed by atoms with E-state index >= 15 is 0 Å². The van der Waals surface area contributed by atoms with Crippen molar-refractivity contribution in [1.82, 2.24) is 15.6 Å². The molecule has 0 bridgehead atoms. The number of benzene rings is 1. The molecule has 1 heterocycles. The number of fused-ring (bicyclic) bond motifs is 1. The molecule has 1 atom stereocenters. The molecule has 0 aliphatic heterocycles. The minimum atomic E-state index is -0.571. The lowest BCUT2D eigenvalue weighted by Gasteiger charge is -2.15. The van der Waals surface area contributed by atoms with Gasteiger partial charge in [0.15, 0.2) is 0 Å².